The number of carbonyl (C=O) groups excluding carboxylic acids is 3. The van der Waals surface area contributed by atoms with Crippen LogP contribution in [0, 0.1) is 16.7 Å². The molecule has 4 heterocycles. The number of ether oxygens (including phenoxy) is 4. The van der Waals surface area contributed by atoms with E-state index in [1.165, 1.54) is 66.0 Å². The minimum Gasteiger partial charge on any atom is -1.00 e. The van der Waals surface area contributed by atoms with Gasteiger partial charge in [0.15, 0.2) is 0 Å². The average Bonchev–Trinajstić information content (AvgIpc) is 3.61. The van der Waals surface area contributed by atoms with E-state index in [2.05, 4.69) is 74.4 Å². The Kier molecular flexibility index (Phi) is 33.0. The first-order chi connectivity index (χ1) is 32.2. The number of para-hydroxylation sites is 2. The van der Waals surface area contributed by atoms with Gasteiger partial charge in [-0.1, -0.05) is 84.7 Å². The number of likely N-dealkylation sites (tertiary alicyclic amines) is 1. The smallest absolute Gasteiger partial charge is 1.00 e. The molecule has 0 spiro atoms. The molecule has 17 heteroatoms. The maximum Gasteiger partial charge on any atom is 1.00 e. The molecule has 8 rings (SSSR count). The molecule has 0 aromatic heterocycles. The number of hydrogen-bond acceptors (Lipinski definition) is 11. The second kappa shape index (κ2) is 34.2. The molecule has 2 fully saturated rings. The number of alkyl halides is 1. The first-order valence-corrected chi connectivity index (χ1v) is 24.1. The standard InChI is InChI=1S/C26H30ClNO3.C19H20ClNO.C7H13ClO2.CH2O3.CH4.HI.2K.H/c1-26(2,25(29)30-3)12-15-28-13-10-18(11-14-28)24-21-9-8-20(27)16-19(21)17-31-23-7-5-4-6-22(23)24;20-15-5-6-16-14(11-15)12-22-18-4-2-1-3-17(18)19(16)13-7-9-21-10-8-13;1-7(2,4-5-8)6(9)10-3;2-1-4-3;;;;;/h4-9,16H,10-15,17H2,1-3H3;1-6,11,13,19,21H,7-10,12H2;4-5H2,1-3H3;1,3H;1H4;1H;;;/q;;;;;;2*+1;-1/p-1. The van der Waals surface area contributed by atoms with Crippen molar-refractivity contribution in [3.8, 4) is 11.5 Å². The van der Waals surface area contributed by atoms with Gasteiger partial charge in [0.05, 0.1) is 25.0 Å². The van der Waals surface area contributed by atoms with Crippen molar-refractivity contribution < 1.29 is 148 Å². The monoisotopic (exact) mass is 1200 g/mol. The molecular formula is C54H70Cl3IK2N2O9. The number of carbonyl (C=O) groups is 3. The van der Waals surface area contributed by atoms with Gasteiger partial charge in [-0.3, -0.25) is 14.4 Å². The Morgan fingerprint density at radius 1 is 0.775 bits per heavy atom. The summed E-state index contributed by atoms with van der Waals surface area (Å²) in [4.78, 5) is 36.6. The molecule has 0 radical (unpaired) electrons. The van der Waals surface area contributed by atoms with Crippen molar-refractivity contribution in [1.29, 1.82) is 0 Å². The summed E-state index contributed by atoms with van der Waals surface area (Å²) in [6.45, 7) is 13.6. The predicted molar refractivity (Wildman–Crippen MR) is 286 cm³/mol. The fourth-order valence-electron chi connectivity index (χ4n) is 9.01. The molecule has 11 nitrogen and oxygen atoms in total. The van der Waals surface area contributed by atoms with E-state index in [1.807, 2.05) is 58.0 Å². The molecule has 4 aliphatic rings. The van der Waals surface area contributed by atoms with Crippen molar-refractivity contribution >= 4 is 82.8 Å². The number of nitrogens with zero attached hydrogens (tertiary/aromatic N) is 1. The summed E-state index contributed by atoms with van der Waals surface area (Å²) in [7, 11) is 2.85. The van der Waals surface area contributed by atoms with Gasteiger partial charge in [-0.15, -0.1) is 35.6 Å². The van der Waals surface area contributed by atoms with Gasteiger partial charge in [0.25, 0.3) is 6.47 Å². The summed E-state index contributed by atoms with van der Waals surface area (Å²) in [5.41, 5.74) is 9.35. The van der Waals surface area contributed by atoms with E-state index in [1.54, 1.807) is 0 Å². The maximum atomic E-state index is 12.0. The van der Waals surface area contributed by atoms with E-state index in [0.717, 1.165) is 79.1 Å². The van der Waals surface area contributed by atoms with Crippen molar-refractivity contribution in [1.82, 2.24) is 10.2 Å². The van der Waals surface area contributed by atoms with Crippen LogP contribution < -0.4 is 123 Å². The van der Waals surface area contributed by atoms with Crippen LogP contribution in [-0.4, -0.2) is 76.1 Å². The van der Waals surface area contributed by atoms with Gasteiger partial charge in [0, 0.05) is 46.1 Å². The van der Waals surface area contributed by atoms with Gasteiger partial charge < -0.3 is 40.7 Å². The summed E-state index contributed by atoms with van der Waals surface area (Å²) in [5.74, 6) is 3.17. The number of fused-ring (bicyclic) bond motifs is 4. The molecule has 2 saturated heterocycles. The Labute approximate surface area is 540 Å². The van der Waals surface area contributed by atoms with Crippen LogP contribution in [0.2, 0.25) is 10.0 Å². The van der Waals surface area contributed by atoms with Gasteiger partial charge in [-0.2, -0.15) is 0 Å². The molecular weight excluding hydrogens is 1130 g/mol. The largest absolute Gasteiger partial charge is 1.00 e. The quantitative estimate of drug-likeness (QED) is 0.0421. The number of esters is 2. The topological polar surface area (TPSA) is 136 Å². The van der Waals surface area contributed by atoms with Gasteiger partial charge in [0.1, 0.15) is 24.7 Å². The molecule has 0 aliphatic carbocycles. The van der Waals surface area contributed by atoms with Crippen LogP contribution in [0.15, 0.2) is 90.5 Å². The summed E-state index contributed by atoms with van der Waals surface area (Å²) < 4.78 is 21.7. The van der Waals surface area contributed by atoms with Crippen molar-refractivity contribution in [3.05, 3.63) is 134 Å². The van der Waals surface area contributed by atoms with Crippen molar-refractivity contribution in [2.75, 3.05) is 52.8 Å². The zero-order chi connectivity index (χ0) is 48.6. The molecule has 1 atom stereocenters. The van der Waals surface area contributed by atoms with Crippen molar-refractivity contribution in [2.24, 2.45) is 16.7 Å². The van der Waals surface area contributed by atoms with E-state index in [-0.39, 0.29) is 154 Å². The molecule has 4 aromatic carbocycles. The second-order valence-electron chi connectivity index (χ2n) is 18.3. The zero-order valence-corrected chi connectivity index (χ0v) is 52.7. The first kappa shape index (κ1) is 68.4. The SMILES string of the molecule is C.COC(=O)C(C)(C)CCCl.COC(=O)C(C)(C)CCN1CCC(=C2c3ccc(Cl)cc3COc3ccccc32)CC1.Clc1ccc2c(c1)COc1ccccc1C2C1CCNCC1.I.O=CO[O-].[H-].[K+].[K+]. The Balaban J connectivity index is 0.00000108. The van der Waals surface area contributed by atoms with Crippen molar-refractivity contribution in [3.63, 3.8) is 0 Å². The third kappa shape index (κ3) is 19.7. The molecule has 0 bridgehead atoms. The van der Waals surface area contributed by atoms with Crippen LogP contribution in [0.3, 0.4) is 0 Å². The summed E-state index contributed by atoms with van der Waals surface area (Å²) in [5, 5.41) is 13.4. The molecule has 4 aromatic rings. The van der Waals surface area contributed by atoms with E-state index in [4.69, 9.17) is 59.1 Å². The number of piperidine rings is 2. The van der Waals surface area contributed by atoms with Crippen LogP contribution in [0.1, 0.15) is 114 Å². The van der Waals surface area contributed by atoms with E-state index >= 15 is 0 Å². The number of nitrogens with one attached hydrogen (secondary N) is 1. The molecule has 380 valence electrons. The minimum atomic E-state index is -0.455. The van der Waals surface area contributed by atoms with E-state index < -0.39 is 10.8 Å². The third-order valence-electron chi connectivity index (χ3n) is 12.9. The summed E-state index contributed by atoms with van der Waals surface area (Å²) in [6, 6.07) is 29.2. The number of hydrogen-bond donors (Lipinski definition) is 1. The third-order valence-corrected chi connectivity index (χ3v) is 13.6. The summed E-state index contributed by atoms with van der Waals surface area (Å²) in [6.07, 6.45) is 5.88. The van der Waals surface area contributed by atoms with Crippen LogP contribution in [0.4, 0.5) is 0 Å². The fraction of sp³-hybridized carbons (Fsp3) is 0.463. The number of benzene rings is 4. The van der Waals surface area contributed by atoms with Gasteiger partial charge >= 0.3 is 115 Å². The van der Waals surface area contributed by atoms with Gasteiger partial charge in [0.2, 0.25) is 0 Å². The fourth-order valence-corrected chi connectivity index (χ4v) is 9.88. The van der Waals surface area contributed by atoms with Gasteiger partial charge in [-0.25, -0.2) is 0 Å². The van der Waals surface area contributed by atoms with Gasteiger partial charge in [-0.05, 0) is 156 Å². The maximum absolute atomic E-state index is 12.0. The predicted octanol–water partition coefficient (Wildman–Crippen LogP) is 5.71. The molecule has 1 N–H and O–H groups in total. The average molecular weight is 1200 g/mol. The molecule has 0 amide bonds. The van der Waals surface area contributed by atoms with Crippen LogP contribution in [-0.2, 0) is 42.0 Å². The van der Waals surface area contributed by atoms with E-state index in [0.29, 0.717) is 37.4 Å². The Morgan fingerprint density at radius 2 is 1.30 bits per heavy atom. The normalized spacial score (nSPS) is 15.8. The van der Waals surface area contributed by atoms with Crippen LogP contribution in [0.5, 0.6) is 11.5 Å². The zero-order valence-electron chi connectivity index (χ0n) is 42.9. The Hall–Kier alpha value is -0.617. The van der Waals surface area contributed by atoms with Crippen LogP contribution in [0.25, 0.3) is 5.57 Å². The minimum absolute atomic E-state index is 0. The van der Waals surface area contributed by atoms with Crippen LogP contribution >= 0.6 is 58.8 Å². The Morgan fingerprint density at radius 3 is 1.89 bits per heavy atom. The molecule has 4 aliphatic heterocycles. The molecule has 0 saturated carbocycles. The summed E-state index contributed by atoms with van der Waals surface area (Å²) >= 11 is 18.0. The number of rotatable bonds is 9. The first-order valence-electron chi connectivity index (χ1n) is 22.8. The molecule has 71 heavy (non-hydrogen) atoms. The number of methoxy groups -OCH3 is 2. The van der Waals surface area contributed by atoms with Crippen molar-refractivity contribution in [2.45, 2.75) is 92.8 Å². The second-order valence-corrected chi connectivity index (χ2v) is 19.5. The molecule has 1 unspecified atom stereocenters. The number of halogens is 4. The Bertz CT molecular complexity index is 2330. The van der Waals surface area contributed by atoms with E-state index in [9.17, 15) is 9.59 Å².